The van der Waals surface area contributed by atoms with E-state index in [-0.39, 0.29) is 6.03 Å². The standard InChI is InChI=1S/C15H18N2O3/c18-14(19)13(11-4-2-1-3-5-11)16-15(20)17-9-10-6-7-12(17)8-10/h1-5,10,12-13H,6-9H2,(H,16,20)(H,18,19)/t10?,12?,13-/m1/s1. The summed E-state index contributed by atoms with van der Waals surface area (Å²) in [5.41, 5.74) is 0.595. The summed E-state index contributed by atoms with van der Waals surface area (Å²) in [6.07, 6.45) is 3.30. The van der Waals surface area contributed by atoms with Gasteiger partial charge >= 0.3 is 12.0 Å². The molecule has 1 aliphatic carbocycles. The summed E-state index contributed by atoms with van der Waals surface area (Å²) in [4.78, 5) is 25.5. The second kappa shape index (κ2) is 5.15. The maximum Gasteiger partial charge on any atom is 0.330 e. The number of nitrogens with one attached hydrogen (secondary N) is 1. The molecule has 0 radical (unpaired) electrons. The van der Waals surface area contributed by atoms with Gasteiger partial charge in [-0.2, -0.15) is 0 Å². The summed E-state index contributed by atoms with van der Waals surface area (Å²) in [5, 5.41) is 12.0. The zero-order valence-electron chi connectivity index (χ0n) is 11.2. The maximum absolute atomic E-state index is 12.3. The van der Waals surface area contributed by atoms with Crippen LogP contribution in [0, 0.1) is 5.92 Å². The molecule has 2 unspecified atom stereocenters. The third-order valence-electron chi connectivity index (χ3n) is 4.32. The fraction of sp³-hybridized carbons (Fsp3) is 0.467. The molecule has 1 heterocycles. The van der Waals surface area contributed by atoms with Gasteiger partial charge in [0.25, 0.3) is 0 Å². The van der Waals surface area contributed by atoms with Crippen molar-refractivity contribution in [3.05, 3.63) is 35.9 Å². The smallest absolute Gasteiger partial charge is 0.330 e. The van der Waals surface area contributed by atoms with Gasteiger partial charge in [-0.3, -0.25) is 0 Å². The Morgan fingerprint density at radius 1 is 1.25 bits per heavy atom. The van der Waals surface area contributed by atoms with Gasteiger partial charge in [-0.05, 0) is 30.7 Å². The number of benzene rings is 1. The number of amides is 2. The predicted octanol–water partition coefficient (Wildman–Crippen LogP) is 2.01. The fourth-order valence-corrected chi connectivity index (χ4v) is 3.31. The highest BCUT2D eigenvalue weighted by Gasteiger charge is 2.41. The molecule has 20 heavy (non-hydrogen) atoms. The molecule has 0 spiro atoms. The third kappa shape index (κ3) is 2.35. The Bertz CT molecular complexity index is 517. The number of urea groups is 1. The molecular formula is C15H18N2O3. The lowest BCUT2D eigenvalue weighted by molar-refractivity contribution is -0.139. The number of rotatable bonds is 3. The van der Waals surface area contributed by atoms with E-state index in [0.717, 1.165) is 19.4 Å². The van der Waals surface area contributed by atoms with E-state index in [4.69, 9.17) is 0 Å². The number of piperidine rings is 1. The fourth-order valence-electron chi connectivity index (χ4n) is 3.31. The van der Waals surface area contributed by atoms with Gasteiger partial charge in [-0.25, -0.2) is 9.59 Å². The SMILES string of the molecule is O=C(O)[C@H](NC(=O)N1CC2CCC1C2)c1ccccc1. The van der Waals surface area contributed by atoms with Gasteiger partial charge in [0.15, 0.2) is 6.04 Å². The van der Waals surface area contributed by atoms with Crippen LogP contribution in [0.4, 0.5) is 4.79 Å². The van der Waals surface area contributed by atoms with Crippen LogP contribution < -0.4 is 5.32 Å². The van der Waals surface area contributed by atoms with E-state index in [0.29, 0.717) is 17.5 Å². The Hall–Kier alpha value is -2.04. The first kappa shape index (κ1) is 13.0. The molecule has 1 aromatic carbocycles. The topological polar surface area (TPSA) is 69.6 Å². The van der Waals surface area contributed by atoms with Gasteiger partial charge in [0.2, 0.25) is 0 Å². The Kier molecular flexibility index (Phi) is 3.34. The van der Waals surface area contributed by atoms with Crippen LogP contribution in [-0.4, -0.2) is 34.6 Å². The van der Waals surface area contributed by atoms with E-state index in [1.165, 1.54) is 6.42 Å². The minimum atomic E-state index is -1.03. The van der Waals surface area contributed by atoms with E-state index >= 15 is 0 Å². The maximum atomic E-state index is 12.3. The van der Waals surface area contributed by atoms with Crippen LogP contribution in [0.2, 0.25) is 0 Å². The zero-order valence-corrected chi connectivity index (χ0v) is 11.2. The Morgan fingerprint density at radius 2 is 2.00 bits per heavy atom. The summed E-state index contributed by atoms with van der Waals surface area (Å²) in [5.74, 6) is -0.431. The minimum Gasteiger partial charge on any atom is -0.479 e. The van der Waals surface area contributed by atoms with Crippen LogP contribution in [0.3, 0.4) is 0 Å². The number of carboxylic acid groups (broad SMARTS) is 1. The normalized spacial score (nSPS) is 25.5. The van der Waals surface area contributed by atoms with Crippen molar-refractivity contribution < 1.29 is 14.7 Å². The molecule has 106 valence electrons. The Morgan fingerprint density at radius 3 is 2.55 bits per heavy atom. The van der Waals surface area contributed by atoms with Crippen molar-refractivity contribution in [1.82, 2.24) is 10.2 Å². The third-order valence-corrected chi connectivity index (χ3v) is 4.32. The molecule has 2 fully saturated rings. The molecule has 5 heteroatoms. The first-order valence-electron chi connectivity index (χ1n) is 7.00. The van der Waals surface area contributed by atoms with Crippen molar-refractivity contribution in [2.75, 3.05) is 6.54 Å². The Labute approximate surface area is 117 Å². The second-order valence-electron chi connectivity index (χ2n) is 5.62. The van der Waals surface area contributed by atoms with E-state index < -0.39 is 12.0 Å². The number of likely N-dealkylation sites (tertiary alicyclic amines) is 1. The summed E-state index contributed by atoms with van der Waals surface area (Å²) < 4.78 is 0. The lowest BCUT2D eigenvalue weighted by Crippen LogP contribution is -2.47. The van der Waals surface area contributed by atoms with Crippen molar-refractivity contribution in [2.24, 2.45) is 5.92 Å². The van der Waals surface area contributed by atoms with Gasteiger partial charge in [0.1, 0.15) is 0 Å². The average molecular weight is 274 g/mol. The molecule has 1 saturated carbocycles. The van der Waals surface area contributed by atoms with Crippen molar-refractivity contribution in [2.45, 2.75) is 31.3 Å². The summed E-state index contributed by atoms with van der Waals surface area (Å²) >= 11 is 0. The van der Waals surface area contributed by atoms with Gasteiger partial charge in [-0.1, -0.05) is 30.3 Å². The van der Waals surface area contributed by atoms with E-state index in [1.54, 1.807) is 29.2 Å². The van der Waals surface area contributed by atoms with Crippen LogP contribution in [0.5, 0.6) is 0 Å². The number of fused-ring (bicyclic) bond motifs is 2. The van der Waals surface area contributed by atoms with E-state index in [1.807, 2.05) is 6.07 Å². The lowest BCUT2D eigenvalue weighted by atomic mass is 10.1. The molecule has 1 saturated heterocycles. The molecule has 2 bridgehead atoms. The van der Waals surface area contributed by atoms with E-state index in [9.17, 15) is 14.7 Å². The first-order chi connectivity index (χ1) is 9.65. The van der Waals surface area contributed by atoms with Crippen LogP contribution in [0.1, 0.15) is 30.9 Å². The highest BCUT2D eigenvalue weighted by molar-refractivity contribution is 5.84. The number of carbonyl (C=O) groups excluding carboxylic acids is 1. The summed E-state index contributed by atoms with van der Waals surface area (Å²) in [6.45, 7) is 0.762. The van der Waals surface area contributed by atoms with Crippen LogP contribution >= 0.6 is 0 Å². The molecule has 3 atom stereocenters. The van der Waals surface area contributed by atoms with Crippen LogP contribution in [0.15, 0.2) is 30.3 Å². The van der Waals surface area contributed by atoms with Gasteiger partial charge < -0.3 is 15.3 Å². The number of nitrogens with zero attached hydrogens (tertiary/aromatic N) is 1. The molecule has 1 aromatic rings. The molecule has 1 aliphatic heterocycles. The number of carboxylic acids is 1. The lowest BCUT2D eigenvalue weighted by Gasteiger charge is -2.28. The van der Waals surface area contributed by atoms with Gasteiger partial charge in [0.05, 0.1) is 0 Å². The highest BCUT2D eigenvalue weighted by Crippen LogP contribution is 2.37. The van der Waals surface area contributed by atoms with Crippen molar-refractivity contribution in [3.63, 3.8) is 0 Å². The summed E-state index contributed by atoms with van der Waals surface area (Å²) in [7, 11) is 0. The van der Waals surface area contributed by atoms with Crippen molar-refractivity contribution in [3.8, 4) is 0 Å². The molecule has 3 rings (SSSR count). The highest BCUT2D eigenvalue weighted by atomic mass is 16.4. The monoisotopic (exact) mass is 274 g/mol. The second-order valence-corrected chi connectivity index (χ2v) is 5.62. The number of aliphatic carboxylic acids is 1. The average Bonchev–Trinajstić information content (AvgIpc) is 3.07. The first-order valence-corrected chi connectivity index (χ1v) is 7.00. The molecule has 2 N–H and O–H groups in total. The Balaban J connectivity index is 1.71. The van der Waals surface area contributed by atoms with E-state index in [2.05, 4.69) is 5.32 Å². The minimum absolute atomic E-state index is 0.256. The van der Waals surface area contributed by atoms with Crippen LogP contribution in [0.25, 0.3) is 0 Å². The molecule has 5 nitrogen and oxygen atoms in total. The van der Waals surface area contributed by atoms with Gasteiger partial charge in [0, 0.05) is 12.6 Å². The quantitative estimate of drug-likeness (QED) is 0.885. The molecule has 2 amide bonds. The zero-order chi connectivity index (χ0) is 14.1. The molecular weight excluding hydrogens is 256 g/mol. The molecule has 2 aliphatic rings. The van der Waals surface area contributed by atoms with Crippen molar-refractivity contribution in [1.29, 1.82) is 0 Å². The number of hydrogen-bond donors (Lipinski definition) is 2. The predicted molar refractivity (Wildman–Crippen MR) is 73.2 cm³/mol. The number of carbonyl (C=O) groups is 2. The molecule has 0 aromatic heterocycles. The number of hydrogen-bond acceptors (Lipinski definition) is 2. The van der Waals surface area contributed by atoms with Crippen LogP contribution in [-0.2, 0) is 4.79 Å². The van der Waals surface area contributed by atoms with Crippen molar-refractivity contribution >= 4 is 12.0 Å². The summed E-state index contributed by atoms with van der Waals surface area (Å²) in [6, 6.07) is 7.86. The largest absolute Gasteiger partial charge is 0.479 e. The van der Waals surface area contributed by atoms with Gasteiger partial charge in [-0.15, -0.1) is 0 Å².